The van der Waals surface area contributed by atoms with Gasteiger partial charge in [-0.05, 0) is 38.1 Å². The van der Waals surface area contributed by atoms with Gasteiger partial charge in [-0.25, -0.2) is 4.79 Å². The van der Waals surface area contributed by atoms with E-state index in [0.717, 1.165) is 32.4 Å². The van der Waals surface area contributed by atoms with E-state index in [9.17, 15) is 4.79 Å². The van der Waals surface area contributed by atoms with Crippen LogP contribution in [0.4, 0.5) is 4.79 Å². The summed E-state index contributed by atoms with van der Waals surface area (Å²) in [5.41, 5.74) is 0. The van der Waals surface area contributed by atoms with Crippen molar-refractivity contribution in [1.82, 2.24) is 16.0 Å². The SMILES string of the molecule is CC1CCNCC1NC(=O)NC1CCC1. The average Bonchev–Trinajstić information content (AvgIpc) is 2.16. The van der Waals surface area contributed by atoms with Gasteiger partial charge in [0, 0.05) is 18.6 Å². The Morgan fingerprint density at radius 3 is 2.67 bits per heavy atom. The predicted molar refractivity (Wildman–Crippen MR) is 59.7 cm³/mol. The molecule has 1 heterocycles. The Balaban J connectivity index is 1.71. The first kappa shape index (κ1) is 10.7. The third-order valence-corrected chi connectivity index (χ3v) is 3.58. The summed E-state index contributed by atoms with van der Waals surface area (Å²) in [7, 11) is 0. The minimum absolute atomic E-state index is 0.0141. The monoisotopic (exact) mass is 211 g/mol. The fraction of sp³-hybridized carbons (Fsp3) is 0.909. The van der Waals surface area contributed by atoms with Crippen LogP contribution in [-0.4, -0.2) is 31.2 Å². The molecule has 2 aliphatic rings. The van der Waals surface area contributed by atoms with Crippen LogP contribution < -0.4 is 16.0 Å². The molecule has 15 heavy (non-hydrogen) atoms. The van der Waals surface area contributed by atoms with Crippen LogP contribution in [0.5, 0.6) is 0 Å². The lowest BCUT2D eigenvalue weighted by atomic mass is 9.93. The summed E-state index contributed by atoms with van der Waals surface area (Å²) >= 11 is 0. The van der Waals surface area contributed by atoms with Crippen molar-refractivity contribution < 1.29 is 4.79 Å². The summed E-state index contributed by atoms with van der Waals surface area (Å²) in [4.78, 5) is 11.6. The second-order valence-electron chi connectivity index (χ2n) is 4.82. The smallest absolute Gasteiger partial charge is 0.315 e. The zero-order chi connectivity index (χ0) is 10.7. The summed E-state index contributed by atoms with van der Waals surface area (Å²) in [5.74, 6) is 0.582. The Morgan fingerprint density at radius 2 is 2.07 bits per heavy atom. The van der Waals surface area contributed by atoms with E-state index < -0.39 is 0 Å². The van der Waals surface area contributed by atoms with Gasteiger partial charge in [-0.2, -0.15) is 0 Å². The van der Waals surface area contributed by atoms with E-state index in [1.54, 1.807) is 0 Å². The molecule has 1 saturated heterocycles. The maximum Gasteiger partial charge on any atom is 0.315 e. The molecular formula is C11H21N3O. The number of carbonyl (C=O) groups is 1. The van der Waals surface area contributed by atoms with Crippen LogP contribution in [0.3, 0.4) is 0 Å². The normalized spacial score (nSPS) is 31.8. The van der Waals surface area contributed by atoms with Gasteiger partial charge in [-0.15, -0.1) is 0 Å². The van der Waals surface area contributed by atoms with Crippen LogP contribution in [0.2, 0.25) is 0 Å². The Hall–Kier alpha value is -0.770. The molecule has 2 atom stereocenters. The van der Waals surface area contributed by atoms with Gasteiger partial charge in [0.25, 0.3) is 0 Å². The van der Waals surface area contributed by atoms with E-state index in [4.69, 9.17) is 0 Å². The van der Waals surface area contributed by atoms with Gasteiger partial charge in [0.05, 0.1) is 0 Å². The lowest BCUT2D eigenvalue weighted by molar-refractivity contribution is 0.214. The molecule has 0 spiro atoms. The van der Waals surface area contributed by atoms with E-state index in [-0.39, 0.29) is 6.03 Å². The van der Waals surface area contributed by atoms with E-state index >= 15 is 0 Å². The molecule has 1 aliphatic carbocycles. The van der Waals surface area contributed by atoms with Crippen molar-refractivity contribution >= 4 is 6.03 Å². The van der Waals surface area contributed by atoms with Crippen LogP contribution in [0.1, 0.15) is 32.6 Å². The predicted octanol–water partition coefficient (Wildman–Crippen LogP) is 0.836. The molecule has 1 aliphatic heterocycles. The van der Waals surface area contributed by atoms with Crippen molar-refractivity contribution in [1.29, 1.82) is 0 Å². The van der Waals surface area contributed by atoms with Crippen molar-refractivity contribution in [3.05, 3.63) is 0 Å². The van der Waals surface area contributed by atoms with E-state index in [0.29, 0.717) is 18.0 Å². The fourth-order valence-electron chi connectivity index (χ4n) is 2.13. The van der Waals surface area contributed by atoms with Gasteiger partial charge < -0.3 is 16.0 Å². The molecule has 86 valence electrons. The van der Waals surface area contributed by atoms with Gasteiger partial charge in [-0.3, -0.25) is 0 Å². The summed E-state index contributed by atoms with van der Waals surface area (Å²) in [5, 5.41) is 9.37. The summed E-state index contributed by atoms with van der Waals surface area (Å²) < 4.78 is 0. The molecule has 2 fully saturated rings. The van der Waals surface area contributed by atoms with Crippen LogP contribution >= 0.6 is 0 Å². The molecule has 1 saturated carbocycles. The maximum atomic E-state index is 11.6. The van der Waals surface area contributed by atoms with Crippen molar-refractivity contribution in [2.45, 2.75) is 44.7 Å². The highest BCUT2D eigenvalue weighted by atomic mass is 16.2. The van der Waals surface area contributed by atoms with Gasteiger partial charge in [-0.1, -0.05) is 6.92 Å². The van der Waals surface area contributed by atoms with Crippen LogP contribution in [0.15, 0.2) is 0 Å². The lowest BCUT2D eigenvalue weighted by Crippen LogP contribution is -2.55. The molecule has 0 radical (unpaired) electrons. The van der Waals surface area contributed by atoms with Gasteiger partial charge >= 0.3 is 6.03 Å². The van der Waals surface area contributed by atoms with Crippen LogP contribution in [-0.2, 0) is 0 Å². The van der Waals surface area contributed by atoms with Crippen molar-refractivity contribution in [2.75, 3.05) is 13.1 Å². The average molecular weight is 211 g/mol. The minimum Gasteiger partial charge on any atom is -0.335 e. The number of carbonyl (C=O) groups excluding carboxylic acids is 1. The van der Waals surface area contributed by atoms with Crippen LogP contribution in [0.25, 0.3) is 0 Å². The largest absolute Gasteiger partial charge is 0.335 e. The molecule has 2 amide bonds. The highest BCUT2D eigenvalue weighted by Crippen LogP contribution is 2.18. The van der Waals surface area contributed by atoms with Gasteiger partial charge in [0.2, 0.25) is 0 Å². The number of piperidine rings is 1. The summed E-state index contributed by atoms with van der Waals surface area (Å²) in [6.45, 7) is 4.18. The molecule has 0 bridgehead atoms. The standard InChI is InChI=1S/C11H21N3O/c1-8-5-6-12-7-10(8)14-11(15)13-9-3-2-4-9/h8-10,12H,2-7H2,1H3,(H2,13,14,15). The number of nitrogens with one attached hydrogen (secondary N) is 3. The number of hydrogen-bond acceptors (Lipinski definition) is 2. The van der Waals surface area contributed by atoms with E-state index in [1.807, 2.05) is 0 Å². The van der Waals surface area contributed by atoms with Gasteiger partial charge in [0.1, 0.15) is 0 Å². The molecular weight excluding hydrogens is 190 g/mol. The van der Waals surface area contributed by atoms with Crippen molar-refractivity contribution in [3.63, 3.8) is 0 Å². The molecule has 0 aromatic heterocycles. The Labute approximate surface area is 91.2 Å². The molecule has 4 nitrogen and oxygen atoms in total. The van der Waals surface area contributed by atoms with Crippen LogP contribution in [0, 0.1) is 5.92 Å². The first-order valence-electron chi connectivity index (χ1n) is 6.03. The Bertz CT molecular complexity index is 228. The third-order valence-electron chi connectivity index (χ3n) is 3.58. The zero-order valence-electron chi connectivity index (χ0n) is 9.38. The second-order valence-corrected chi connectivity index (χ2v) is 4.82. The third kappa shape index (κ3) is 2.84. The van der Waals surface area contributed by atoms with E-state index in [2.05, 4.69) is 22.9 Å². The highest BCUT2D eigenvalue weighted by molar-refractivity contribution is 5.74. The fourth-order valence-corrected chi connectivity index (χ4v) is 2.13. The first-order valence-corrected chi connectivity index (χ1v) is 6.03. The quantitative estimate of drug-likeness (QED) is 0.634. The Kier molecular flexibility index (Phi) is 3.46. The van der Waals surface area contributed by atoms with E-state index in [1.165, 1.54) is 6.42 Å². The number of urea groups is 1. The first-order chi connectivity index (χ1) is 7.25. The van der Waals surface area contributed by atoms with Crippen molar-refractivity contribution in [3.8, 4) is 0 Å². The number of rotatable bonds is 2. The molecule has 0 aromatic carbocycles. The topological polar surface area (TPSA) is 53.2 Å². The second kappa shape index (κ2) is 4.84. The zero-order valence-corrected chi connectivity index (χ0v) is 9.38. The minimum atomic E-state index is 0.0141. The van der Waals surface area contributed by atoms with Crippen molar-refractivity contribution in [2.24, 2.45) is 5.92 Å². The van der Waals surface area contributed by atoms with Gasteiger partial charge in [0.15, 0.2) is 0 Å². The highest BCUT2D eigenvalue weighted by Gasteiger charge is 2.24. The maximum absolute atomic E-state index is 11.6. The molecule has 0 aromatic rings. The summed E-state index contributed by atoms with van der Waals surface area (Å²) in [6, 6.07) is 0.732. The summed E-state index contributed by atoms with van der Waals surface area (Å²) in [6.07, 6.45) is 4.69. The lowest BCUT2D eigenvalue weighted by Gasteiger charge is -2.32. The molecule has 2 unspecified atom stereocenters. The molecule has 2 rings (SSSR count). The number of hydrogen-bond donors (Lipinski definition) is 3. The molecule has 3 N–H and O–H groups in total. The Morgan fingerprint density at radius 1 is 1.27 bits per heavy atom. The molecule has 4 heteroatoms. The number of amides is 2.